The van der Waals surface area contributed by atoms with Crippen LogP contribution in [-0.4, -0.2) is 81.8 Å². The standard InChI is InChI=1S/C24H34N4O3S/c1-17-5-3-6-18(2)27(17)12-4-11-25-23(30)20-9-7-19(8-10-20)13-26-14-22(29)28-16-32-15-21(28)24(26)31/h7-10,17-18,21H,3-6,11-16H2,1-2H3,(H,25,30). The normalized spacial score (nSPS) is 26.4. The molecule has 3 saturated heterocycles. The average molecular weight is 459 g/mol. The van der Waals surface area contributed by atoms with Gasteiger partial charge in [-0.3, -0.25) is 19.3 Å². The maximum absolute atomic E-state index is 12.7. The molecule has 3 aliphatic heterocycles. The van der Waals surface area contributed by atoms with Crippen LogP contribution in [0.4, 0.5) is 0 Å². The largest absolute Gasteiger partial charge is 0.352 e. The summed E-state index contributed by atoms with van der Waals surface area (Å²) in [7, 11) is 0. The van der Waals surface area contributed by atoms with E-state index >= 15 is 0 Å². The van der Waals surface area contributed by atoms with Crippen molar-refractivity contribution < 1.29 is 14.4 Å². The van der Waals surface area contributed by atoms with Crippen molar-refractivity contribution in [2.75, 3.05) is 31.3 Å². The van der Waals surface area contributed by atoms with E-state index in [0.29, 0.717) is 42.4 Å². The van der Waals surface area contributed by atoms with E-state index in [-0.39, 0.29) is 30.3 Å². The van der Waals surface area contributed by atoms with Crippen LogP contribution >= 0.6 is 11.8 Å². The van der Waals surface area contributed by atoms with Gasteiger partial charge in [-0.2, -0.15) is 0 Å². The van der Waals surface area contributed by atoms with Crippen LogP contribution in [-0.2, 0) is 16.1 Å². The molecule has 3 atom stereocenters. The molecule has 3 heterocycles. The lowest BCUT2D eigenvalue weighted by atomic mass is 9.97. The van der Waals surface area contributed by atoms with Crippen molar-refractivity contribution in [3.8, 4) is 0 Å². The number of fused-ring (bicyclic) bond motifs is 1. The number of piperazine rings is 1. The van der Waals surface area contributed by atoms with Gasteiger partial charge in [-0.25, -0.2) is 0 Å². The average Bonchev–Trinajstić information content (AvgIpc) is 3.28. The Kier molecular flexibility index (Phi) is 7.40. The Bertz CT molecular complexity index is 836. The van der Waals surface area contributed by atoms with Gasteiger partial charge in [0.15, 0.2) is 0 Å². The Balaban J connectivity index is 1.24. The summed E-state index contributed by atoms with van der Waals surface area (Å²) in [6.07, 6.45) is 4.78. The molecule has 0 spiro atoms. The molecule has 1 aromatic rings. The number of likely N-dealkylation sites (tertiary alicyclic amines) is 1. The maximum Gasteiger partial charge on any atom is 0.251 e. The van der Waals surface area contributed by atoms with Crippen LogP contribution in [0.1, 0.15) is 55.5 Å². The smallest absolute Gasteiger partial charge is 0.251 e. The second kappa shape index (κ2) is 10.3. The van der Waals surface area contributed by atoms with Crippen molar-refractivity contribution in [2.24, 2.45) is 0 Å². The fourth-order valence-corrected chi connectivity index (χ4v) is 6.20. The van der Waals surface area contributed by atoms with Gasteiger partial charge in [0.25, 0.3) is 5.91 Å². The maximum atomic E-state index is 12.7. The van der Waals surface area contributed by atoms with E-state index in [2.05, 4.69) is 24.1 Å². The monoisotopic (exact) mass is 458 g/mol. The lowest BCUT2D eigenvalue weighted by molar-refractivity contribution is -0.153. The molecule has 0 radical (unpaired) electrons. The van der Waals surface area contributed by atoms with Gasteiger partial charge in [0.1, 0.15) is 12.6 Å². The first kappa shape index (κ1) is 23.1. The lowest BCUT2D eigenvalue weighted by Gasteiger charge is -2.39. The van der Waals surface area contributed by atoms with Gasteiger partial charge >= 0.3 is 0 Å². The molecular weight excluding hydrogens is 424 g/mol. The summed E-state index contributed by atoms with van der Waals surface area (Å²) in [5, 5.41) is 3.02. The van der Waals surface area contributed by atoms with Gasteiger partial charge in [-0.1, -0.05) is 18.6 Å². The van der Waals surface area contributed by atoms with E-state index in [1.807, 2.05) is 12.1 Å². The van der Waals surface area contributed by atoms with E-state index in [9.17, 15) is 14.4 Å². The summed E-state index contributed by atoms with van der Waals surface area (Å²) < 4.78 is 0. The zero-order valence-electron chi connectivity index (χ0n) is 19.1. The van der Waals surface area contributed by atoms with Crippen molar-refractivity contribution in [3.63, 3.8) is 0 Å². The third-order valence-corrected chi connectivity index (χ3v) is 7.98. The summed E-state index contributed by atoms with van der Waals surface area (Å²) in [6.45, 7) is 6.80. The van der Waals surface area contributed by atoms with E-state index < -0.39 is 0 Å². The van der Waals surface area contributed by atoms with E-state index in [1.54, 1.807) is 33.7 Å². The first-order valence-corrected chi connectivity index (χ1v) is 12.9. The highest BCUT2D eigenvalue weighted by atomic mass is 32.2. The molecule has 4 rings (SSSR count). The number of carbonyl (C=O) groups excluding carboxylic acids is 3. The molecule has 8 heteroatoms. The highest BCUT2D eigenvalue weighted by Crippen LogP contribution is 2.27. The van der Waals surface area contributed by atoms with Crippen molar-refractivity contribution in [1.82, 2.24) is 20.0 Å². The summed E-state index contributed by atoms with van der Waals surface area (Å²) in [5.41, 5.74) is 1.54. The van der Waals surface area contributed by atoms with Crippen molar-refractivity contribution >= 4 is 29.5 Å². The Morgan fingerprint density at radius 1 is 1.12 bits per heavy atom. The zero-order valence-corrected chi connectivity index (χ0v) is 19.9. The van der Waals surface area contributed by atoms with Gasteiger partial charge in [-0.15, -0.1) is 11.8 Å². The predicted octanol–water partition coefficient (Wildman–Crippen LogP) is 2.31. The van der Waals surface area contributed by atoms with Crippen LogP contribution in [0.5, 0.6) is 0 Å². The van der Waals surface area contributed by atoms with Crippen LogP contribution < -0.4 is 5.32 Å². The predicted molar refractivity (Wildman–Crippen MR) is 126 cm³/mol. The molecule has 0 aliphatic carbocycles. The van der Waals surface area contributed by atoms with Gasteiger partial charge in [-0.05, 0) is 50.8 Å². The lowest BCUT2D eigenvalue weighted by Crippen LogP contribution is -2.57. The minimum absolute atomic E-state index is 0.0175. The molecule has 3 fully saturated rings. The number of nitrogens with one attached hydrogen (secondary N) is 1. The number of rotatable bonds is 7. The van der Waals surface area contributed by atoms with Gasteiger partial charge in [0, 0.05) is 43.0 Å². The first-order valence-electron chi connectivity index (χ1n) is 11.7. The van der Waals surface area contributed by atoms with Crippen LogP contribution in [0.25, 0.3) is 0 Å². The van der Waals surface area contributed by atoms with Gasteiger partial charge in [0.05, 0.1) is 5.88 Å². The van der Waals surface area contributed by atoms with Crippen LogP contribution in [0, 0.1) is 0 Å². The van der Waals surface area contributed by atoms with E-state index in [4.69, 9.17) is 0 Å². The minimum Gasteiger partial charge on any atom is -0.352 e. The highest BCUT2D eigenvalue weighted by Gasteiger charge is 2.42. The summed E-state index contributed by atoms with van der Waals surface area (Å²) >= 11 is 1.63. The molecule has 0 aromatic heterocycles. The third kappa shape index (κ3) is 5.12. The number of nitrogens with zero attached hydrogens (tertiary/aromatic N) is 3. The number of carbonyl (C=O) groups is 3. The highest BCUT2D eigenvalue weighted by molar-refractivity contribution is 7.99. The molecule has 0 saturated carbocycles. The summed E-state index contributed by atoms with van der Waals surface area (Å²) in [5.74, 6) is 1.26. The summed E-state index contributed by atoms with van der Waals surface area (Å²) in [4.78, 5) is 43.4. The Morgan fingerprint density at radius 2 is 1.84 bits per heavy atom. The minimum atomic E-state index is -0.317. The molecule has 1 aromatic carbocycles. The molecule has 0 bridgehead atoms. The molecule has 32 heavy (non-hydrogen) atoms. The Morgan fingerprint density at radius 3 is 2.56 bits per heavy atom. The molecule has 174 valence electrons. The van der Waals surface area contributed by atoms with E-state index in [0.717, 1.165) is 18.5 Å². The topological polar surface area (TPSA) is 73.0 Å². The van der Waals surface area contributed by atoms with Crippen LogP contribution in [0.3, 0.4) is 0 Å². The molecular formula is C24H34N4O3S. The molecule has 1 N–H and O–H groups in total. The SMILES string of the molecule is CC1CCCC(C)N1CCCNC(=O)c1ccc(CN2CC(=O)N3CSCC3C2=O)cc1. The quantitative estimate of drug-likeness (QED) is 0.635. The second-order valence-corrected chi connectivity index (χ2v) is 10.2. The van der Waals surface area contributed by atoms with Gasteiger partial charge in [0.2, 0.25) is 11.8 Å². The third-order valence-electron chi connectivity index (χ3n) is 6.97. The van der Waals surface area contributed by atoms with Crippen LogP contribution in [0.15, 0.2) is 24.3 Å². The van der Waals surface area contributed by atoms with Crippen LogP contribution in [0.2, 0.25) is 0 Å². The number of hydrogen-bond acceptors (Lipinski definition) is 5. The zero-order chi connectivity index (χ0) is 22.7. The first-order chi connectivity index (χ1) is 15.4. The number of benzene rings is 1. The molecule has 3 amide bonds. The Labute approximate surface area is 194 Å². The molecule has 3 aliphatic rings. The number of amides is 3. The van der Waals surface area contributed by atoms with Gasteiger partial charge < -0.3 is 15.1 Å². The number of hydrogen-bond donors (Lipinski definition) is 1. The fourth-order valence-electron chi connectivity index (χ4n) is 5.03. The van der Waals surface area contributed by atoms with E-state index in [1.165, 1.54) is 19.3 Å². The fraction of sp³-hybridized carbons (Fsp3) is 0.625. The number of piperidine rings is 1. The van der Waals surface area contributed by atoms with Crippen molar-refractivity contribution in [2.45, 2.75) is 64.2 Å². The Hall–Kier alpha value is -2.06. The molecule has 7 nitrogen and oxygen atoms in total. The summed E-state index contributed by atoms with van der Waals surface area (Å²) in [6, 6.07) is 8.28. The van der Waals surface area contributed by atoms with Crippen molar-refractivity contribution in [1.29, 1.82) is 0 Å². The number of thioether (sulfide) groups is 1. The molecule has 3 unspecified atom stereocenters. The van der Waals surface area contributed by atoms with Crippen molar-refractivity contribution in [3.05, 3.63) is 35.4 Å². The second-order valence-electron chi connectivity index (χ2n) is 9.25.